The van der Waals surface area contributed by atoms with Gasteiger partial charge in [0.25, 0.3) is 5.91 Å². The Hall–Kier alpha value is -4.30. The number of benzene rings is 1. The molecule has 1 aromatic carbocycles. The maximum Gasteiger partial charge on any atom is 0.382 e. The van der Waals surface area contributed by atoms with E-state index in [2.05, 4.69) is 5.92 Å². The number of aliphatic carboxylic acids is 1. The van der Waals surface area contributed by atoms with E-state index in [1.54, 1.807) is 19.0 Å². The van der Waals surface area contributed by atoms with Crippen LogP contribution in [0.1, 0.15) is 29.5 Å². The molecule has 0 bridgehead atoms. The fraction of sp³-hybridized carbons (Fsp3) is 0.333. The maximum absolute atomic E-state index is 13.5. The number of fused-ring (bicyclic) bond motifs is 3. The monoisotopic (exact) mass is 482 g/mol. The van der Waals surface area contributed by atoms with Crippen LogP contribution in [0.2, 0.25) is 0 Å². The second-order valence-corrected chi connectivity index (χ2v) is 9.00. The molecular weight excluding hydrogens is 460 g/mol. The van der Waals surface area contributed by atoms with E-state index in [9.17, 15) is 39.6 Å². The number of primary amides is 1. The van der Waals surface area contributed by atoms with Crippen LogP contribution in [0.25, 0.3) is 5.76 Å². The van der Waals surface area contributed by atoms with Gasteiger partial charge in [0.1, 0.15) is 22.8 Å². The van der Waals surface area contributed by atoms with Gasteiger partial charge in [0.15, 0.2) is 11.4 Å². The number of anilines is 1. The minimum absolute atomic E-state index is 0.0110. The van der Waals surface area contributed by atoms with Gasteiger partial charge < -0.3 is 36.2 Å². The Morgan fingerprint density at radius 2 is 1.83 bits per heavy atom. The van der Waals surface area contributed by atoms with Crippen LogP contribution in [0.3, 0.4) is 0 Å². The molecular formula is C24H22N2O9. The fourth-order valence-electron chi connectivity index (χ4n) is 5.28. The zero-order valence-corrected chi connectivity index (χ0v) is 18.7. The number of Topliss-reactive ketones (excluding diaryl/α,β-unsaturated/α-hetero) is 2. The molecule has 0 aliphatic heterocycles. The zero-order chi connectivity index (χ0) is 26.0. The van der Waals surface area contributed by atoms with Gasteiger partial charge in [0, 0.05) is 43.6 Å². The predicted octanol–water partition coefficient (Wildman–Crippen LogP) is -0.0740. The van der Waals surface area contributed by atoms with E-state index in [-0.39, 0.29) is 29.5 Å². The Morgan fingerprint density at radius 3 is 2.40 bits per heavy atom. The smallest absolute Gasteiger partial charge is 0.382 e. The molecule has 1 fully saturated rings. The van der Waals surface area contributed by atoms with Gasteiger partial charge >= 0.3 is 5.97 Å². The van der Waals surface area contributed by atoms with Crippen molar-refractivity contribution in [2.75, 3.05) is 19.0 Å². The second-order valence-electron chi connectivity index (χ2n) is 9.00. The fourth-order valence-corrected chi connectivity index (χ4v) is 5.28. The molecule has 11 nitrogen and oxygen atoms in total. The largest absolute Gasteiger partial charge is 0.508 e. The van der Waals surface area contributed by atoms with E-state index in [0.717, 1.165) is 0 Å². The second kappa shape index (κ2) is 7.89. The molecule has 1 saturated carbocycles. The number of hydrogen-bond donors (Lipinski definition) is 6. The molecule has 0 heterocycles. The lowest BCUT2D eigenvalue weighted by Gasteiger charge is -2.46. The lowest BCUT2D eigenvalue weighted by molar-refractivity contribution is -0.147. The lowest BCUT2D eigenvalue weighted by Crippen LogP contribution is -2.58. The number of phenols is 1. The molecule has 4 rings (SSSR count). The number of ketones is 2. The van der Waals surface area contributed by atoms with E-state index >= 15 is 0 Å². The van der Waals surface area contributed by atoms with E-state index in [1.165, 1.54) is 6.07 Å². The minimum atomic E-state index is -2.66. The molecule has 1 aromatic rings. The van der Waals surface area contributed by atoms with Crippen molar-refractivity contribution in [2.45, 2.75) is 24.9 Å². The number of amides is 1. The summed E-state index contributed by atoms with van der Waals surface area (Å²) in [5.74, 6) is -4.55. The molecule has 11 heteroatoms. The van der Waals surface area contributed by atoms with Crippen molar-refractivity contribution < 1.29 is 44.7 Å². The Balaban J connectivity index is 1.98. The van der Waals surface area contributed by atoms with Gasteiger partial charge in [-0.1, -0.05) is 5.92 Å². The Labute approximate surface area is 198 Å². The van der Waals surface area contributed by atoms with Crippen molar-refractivity contribution in [2.24, 2.45) is 17.6 Å². The van der Waals surface area contributed by atoms with Crippen molar-refractivity contribution in [1.82, 2.24) is 0 Å². The molecule has 0 aromatic heterocycles. The Morgan fingerprint density at radius 1 is 1.17 bits per heavy atom. The minimum Gasteiger partial charge on any atom is -0.508 e. The summed E-state index contributed by atoms with van der Waals surface area (Å²) in [7, 11) is 3.38. The number of carboxylic acid groups (broad SMARTS) is 1. The van der Waals surface area contributed by atoms with E-state index in [1.807, 2.05) is 5.92 Å². The van der Waals surface area contributed by atoms with E-state index < -0.39 is 70.1 Å². The number of rotatable bonds is 2. The normalized spacial score (nSPS) is 25.2. The summed E-state index contributed by atoms with van der Waals surface area (Å²) in [5, 5.41) is 52.8. The molecule has 182 valence electrons. The summed E-state index contributed by atoms with van der Waals surface area (Å²) < 4.78 is 0. The number of phenolic OH excluding ortho intramolecular Hbond substituents is 1. The molecule has 0 unspecified atom stereocenters. The van der Waals surface area contributed by atoms with Gasteiger partial charge in [-0.2, -0.15) is 0 Å². The first-order valence-electron chi connectivity index (χ1n) is 10.6. The summed E-state index contributed by atoms with van der Waals surface area (Å²) in [6.45, 7) is 0. The number of hydrogen-bond acceptors (Lipinski definition) is 9. The number of nitrogens with two attached hydrogens (primary N) is 1. The SMILES string of the molecule is CN(C)c1cc(C#CC(=O)O)c(O)c2c1C[C@H]1C[C@H]3CC(=O)C(C(N)=O)=C(O)[C@@]3(O)C(=O)C1=C2O. The molecule has 3 aliphatic carbocycles. The van der Waals surface area contributed by atoms with E-state index in [0.29, 0.717) is 11.3 Å². The van der Waals surface area contributed by atoms with Crippen LogP contribution in [0.4, 0.5) is 5.69 Å². The number of carboxylic acids is 1. The van der Waals surface area contributed by atoms with Gasteiger partial charge in [-0.15, -0.1) is 0 Å². The number of carbonyl (C=O) groups excluding carboxylic acids is 3. The first-order chi connectivity index (χ1) is 16.3. The van der Waals surface area contributed by atoms with Crippen molar-refractivity contribution in [1.29, 1.82) is 0 Å². The summed E-state index contributed by atoms with van der Waals surface area (Å²) in [5.41, 5.74) is 2.06. The molecule has 7 N–H and O–H groups in total. The first kappa shape index (κ1) is 23.8. The summed E-state index contributed by atoms with van der Waals surface area (Å²) >= 11 is 0. The Bertz CT molecular complexity index is 1360. The zero-order valence-electron chi connectivity index (χ0n) is 18.7. The summed E-state index contributed by atoms with van der Waals surface area (Å²) in [4.78, 5) is 50.2. The molecule has 0 radical (unpaired) electrons. The van der Waals surface area contributed by atoms with Gasteiger partial charge in [-0.05, 0) is 30.4 Å². The van der Waals surface area contributed by atoms with Gasteiger partial charge in [-0.3, -0.25) is 14.4 Å². The predicted molar refractivity (Wildman–Crippen MR) is 120 cm³/mol. The average molecular weight is 482 g/mol. The van der Waals surface area contributed by atoms with Gasteiger partial charge in [-0.25, -0.2) is 4.79 Å². The van der Waals surface area contributed by atoms with Crippen LogP contribution >= 0.6 is 0 Å². The van der Waals surface area contributed by atoms with Crippen molar-refractivity contribution >= 4 is 34.9 Å². The number of aromatic hydroxyl groups is 1. The van der Waals surface area contributed by atoms with Crippen LogP contribution in [-0.4, -0.2) is 68.7 Å². The lowest BCUT2D eigenvalue weighted by atomic mass is 9.59. The third-order valence-electron chi connectivity index (χ3n) is 6.83. The molecule has 0 spiro atoms. The number of carbonyl (C=O) groups is 4. The standard InChI is InChI=1S/C24H22N2O9/c1-26(2)13-7-9(3-4-15(28)29)19(30)17-12(13)6-10-5-11-8-14(27)18(23(25)34)22(33)24(11,35)21(32)16(10)20(17)31/h7,10-11,30-31,33,35H,5-6,8H2,1-2H3,(H2,25,34)(H,28,29)/t10-,11+,24+/m1/s1. The number of aliphatic hydroxyl groups is 3. The van der Waals surface area contributed by atoms with Crippen LogP contribution in [0.15, 0.2) is 23.0 Å². The third kappa shape index (κ3) is 3.33. The number of nitrogens with zero attached hydrogens (tertiary/aromatic N) is 1. The van der Waals surface area contributed by atoms with Crippen molar-refractivity contribution in [3.8, 4) is 17.6 Å². The topological polar surface area (TPSA) is 199 Å². The van der Waals surface area contributed by atoms with Crippen LogP contribution in [-0.2, 0) is 25.6 Å². The third-order valence-corrected chi connectivity index (χ3v) is 6.83. The van der Waals surface area contributed by atoms with Crippen LogP contribution < -0.4 is 10.6 Å². The highest BCUT2D eigenvalue weighted by molar-refractivity contribution is 6.22. The first-order valence-corrected chi connectivity index (χ1v) is 10.6. The maximum atomic E-state index is 13.5. The van der Waals surface area contributed by atoms with Gasteiger partial charge in [0.2, 0.25) is 5.78 Å². The van der Waals surface area contributed by atoms with Crippen molar-refractivity contribution in [3.05, 3.63) is 39.7 Å². The summed E-state index contributed by atoms with van der Waals surface area (Å²) in [6.07, 6.45) is -0.267. The Kier molecular flexibility index (Phi) is 5.37. The highest BCUT2D eigenvalue weighted by Crippen LogP contribution is 2.53. The molecule has 3 aliphatic rings. The number of aliphatic hydroxyl groups excluding tert-OH is 2. The van der Waals surface area contributed by atoms with Gasteiger partial charge in [0.05, 0.1) is 11.1 Å². The van der Waals surface area contributed by atoms with Crippen LogP contribution in [0.5, 0.6) is 5.75 Å². The summed E-state index contributed by atoms with van der Waals surface area (Å²) in [6, 6.07) is 1.46. The highest BCUT2D eigenvalue weighted by Gasteiger charge is 2.60. The van der Waals surface area contributed by atoms with E-state index in [4.69, 9.17) is 10.8 Å². The average Bonchev–Trinajstić information content (AvgIpc) is 2.75. The molecule has 3 atom stereocenters. The highest BCUT2D eigenvalue weighted by atomic mass is 16.4. The molecule has 1 amide bonds. The quantitative estimate of drug-likeness (QED) is 0.245. The molecule has 35 heavy (non-hydrogen) atoms. The molecule has 0 saturated heterocycles. The van der Waals surface area contributed by atoms with Crippen LogP contribution in [0, 0.1) is 23.7 Å². The van der Waals surface area contributed by atoms with Crippen molar-refractivity contribution in [3.63, 3.8) is 0 Å².